The number of amides is 4. The largest absolute Gasteiger partial charge is 0.325 e. The first-order valence-corrected chi connectivity index (χ1v) is 10.7. The summed E-state index contributed by atoms with van der Waals surface area (Å²) in [5.74, 6) is 0.0873. The lowest BCUT2D eigenvalue weighted by Crippen LogP contribution is -2.47. The minimum absolute atomic E-state index is 0.165. The van der Waals surface area contributed by atoms with Crippen molar-refractivity contribution in [3.8, 4) is 0 Å². The number of imide groups is 1. The topological polar surface area (TPSA) is 69.7 Å². The molecule has 0 aliphatic carbocycles. The Hall–Kier alpha value is -2.80. The molecule has 0 bridgehead atoms. The zero-order valence-electron chi connectivity index (χ0n) is 16.4. The third kappa shape index (κ3) is 3.40. The molecule has 2 aromatic rings. The van der Waals surface area contributed by atoms with Gasteiger partial charge >= 0.3 is 6.03 Å². The zero-order chi connectivity index (χ0) is 20.6. The van der Waals surface area contributed by atoms with Crippen LogP contribution in [0.25, 0.3) is 0 Å². The number of anilines is 1. The number of carbonyl (C=O) groups is 3. The van der Waals surface area contributed by atoms with Gasteiger partial charge in [0.15, 0.2) is 0 Å². The number of nitrogens with zero attached hydrogens (tertiary/aromatic N) is 2. The van der Waals surface area contributed by atoms with Gasteiger partial charge in [-0.2, -0.15) is 0 Å². The van der Waals surface area contributed by atoms with E-state index in [2.05, 4.69) is 5.32 Å². The van der Waals surface area contributed by atoms with Crippen LogP contribution < -0.4 is 10.2 Å². The highest BCUT2D eigenvalue weighted by atomic mass is 32.2. The van der Waals surface area contributed by atoms with Gasteiger partial charge in [0.2, 0.25) is 5.91 Å². The average molecular weight is 410 g/mol. The second-order valence-corrected chi connectivity index (χ2v) is 8.54. The number of para-hydroxylation sites is 1. The lowest BCUT2D eigenvalue weighted by atomic mass is 9.99. The van der Waals surface area contributed by atoms with E-state index in [0.717, 1.165) is 21.0 Å². The standard InChI is InChI=1S/C22H23N3O3S/c1-3-22(2)20(27)24(21(28)23-22)13-19(26)25-16-11-7-8-12-18(16)29-14-17(25)15-9-5-4-6-10-15/h4-12,17H,3,13-14H2,1-2H3,(H,23,28)/t17-,22+/m0/s1. The van der Waals surface area contributed by atoms with E-state index in [1.807, 2.05) is 61.5 Å². The molecule has 0 spiro atoms. The van der Waals surface area contributed by atoms with Gasteiger partial charge in [-0.15, -0.1) is 11.8 Å². The van der Waals surface area contributed by atoms with Gasteiger partial charge < -0.3 is 10.2 Å². The van der Waals surface area contributed by atoms with Crippen LogP contribution in [0, 0.1) is 0 Å². The Balaban J connectivity index is 1.67. The Bertz CT molecular complexity index is 965. The average Bonchev–Trinajstić information content (AvgIpc) is 2.97. The molecule has 1 N–H and O–H groups in total. The molecule has 1 saturated heterocycles. The van der Waals surface area contributed by atoms with E-state index in [9.17, 15) is 14.4 Å². The van der Waals surface area contributed by atoms with Crippen molar-refractivity contribution >= 4 is 35.3 Å². The predicted octanol–water partition coefficient (Wildman–Crippen LogP) is 3.59. The van der Waals surface area contributed by atoms with E-state index >= 15 is 0 Å². The molecule has 4 amide bonds. The maximum absolute atomic E-state index is 13.4. The summed E-state index contributed by atoms with van der Waals surface area (Å²) in [6.45, 7) is 3.26. The van der Waals surface area contributed by atoms with Crippen molar-refractivity contribution in [2.24, 2.45) is 0 Å². The Morgan fingerprint density at radius 2 is 1.83 bits per heavy atom. The highest BCUT2D eigenvalue weighted by molar-refractivity contribution is 7.99. The van der Waals surface area contributed by atoms with Gasteiger partial charge in [0.05, 0.1) is 11.7 Å². The maximum atomic E-state index is 13.4. The molecule has 0 unspecified atom stereocenters. The normalized spacial score (nSPS) is 23.7. The smallest absolute Gasteiger partial charge is 0.323 e. The van der Waals surface area contributed by atoms with Crippen molar-refractivity contribution < 1.29 is 14.4 Å². The first-order valence-electron chi connectivity index (χ1n) is 9.67. The molecule has 150 valence electrons. The number of urea groups is 1. The van der Waals surface area contributed by atoms with Gasteiger partial charge in [-0.1, -0.05) is 49.4 Å². The summed E-state index contributed by atoms with van der Waals surface area (Å²) in [5, 5.41) is 2.71. The molecule has 2 aliphatic rings. The number of benzene rings is 2. The van der Waals surface area contributed by atoms with E-state index < -0.39 is 11.6 Å². The zero-order valence-corrected chi connectivity index (χ0v) is 17.2. The van der Waals surface area contributed by atoms with Gasteiger partial charge in [-0.25, -0.2) is 4.79 Å². The van der Waals surface area contributed by atoms with Crippen LogP contribution in [0.2, 0.25) is 0 Å². The Kier molecular flexibility index (Phi) is 5.08. The van der Waals surface area contributed by atoms with E-state index in [1.165, 1.54) is 0 Å². The Morgan fingerprint density at radius 1 is 1.14 bits per heavy atom. The molecule has 2 aromatic carbocycles. The van der Waals surface area contributed by atoms with E-state index in [4.69, 9.17) is 0 Å². The molecule has 0 radical (unpaired) electrons. The minimum Gasteiger partial charge on any atom is -0.323 e. The molecule has 1 fully saturated rings. The Labute approximate surface area is 174 Å². The maximum Gasteiger partial charge on any atom is 0.325 e. The molecule has 0 saturated carbocycles. The lowest BCUT2D eigenvalue weighted by Gasteiger charge is -2.37. The van der Waals surface area contributed by atoms with Crippen LogP contribution in [0.5, 0.6) is 0 Å². The fourth-order valence-electron chi connectivity index (χ4n) is 3.76. The van der Waals surface area contributed by atoms with Crippen molar-refractivity contribution in [1.82, 2.24) is 10.2 Å². The van der Waals surface area contributed by atoms with Crippen molar-refractivity contribution in [2.45, 2.75) is 36.7 Å². The van der Waals surface area contributed by atoms with Crippen LogP contribution in [0.15, 0.2) is 59.5 Å². The summed E-state index contributed by atoms with van der Waals surface area (Å²) in [6, 6.07) is 16.9. The van der Waals surface area contributed by atoms with E-state index in [0.29, 0.717) is 12.2 Å². The molecule has 6 nitrogen and oxygen atoms in total. The van der Waals surface area contributed by atoms with Crippen molar-refractivity contribution in [1.29, 1.82) is 0 Å². The fraction of sp³-hybridized carbons (Fsp3) is 0.318. The highest BCUT2D eigenvalue weighted by Crippen LogP contribution is 2.43. The monoisotopic (exact) mass is 409 g/mol. The van der Waals surface area contributed by atoms with E-state index in [1.54, 1.807) is 23.6 Å². The van der Waals surface area contributed by atoms with Crippen molar-refractivity contribution in [3.05, 3.63) is 60.2 Å². The molecule has 4 rings (SSSR count). The number of hydrogen-bond acceptors (Lipinski definition) is 4. The number of carbonyl (C=O) groups excluding carboxylic acids is 3. The van der Waals surface area contributed by atoms with Gasteiger partial charge in [-0.3, -0.25) is 14.5 Å². The van der Waals surface area contributed by atoms with E-state index in [-0.39, 0.29) is 24.4 Å². The summed E-state index contributed by atoms with van der Waals surface area (Å²) in [5.41, 5.74) is 0.887. The second kappa shape index (κ2) is 7.55. The first kappa shape index (κ1) is 19.5. The molecular formula is C22H23N3O3S. The number of rotatable bonds is 4. The van der Waals surface area contributed by atoms with Crippen LogP contribution in [-0.2, 0) is 9.59 Å². The molecule has 29 heavy (non-hydrogen) atoms. The number of fused-ring (bicyclic) bond motifs is 1. The quantitative estimate of drug-likeness (QED) is 0.784. The summed E-state index contributed by atoms with van der Waals surface area (Å²) in [6.07, 6.45) is 0.470. The second-order valence-electron chi connectivity index (χ2n) is 7.48. The number of nitrogens with one attached hydrogen (secondary N) is 1. The summed E-state index contributed by atoms with van der Waals surface area (Å²) < 4.78 is 0. The number of thioether (sulfide) groups is 1. The first-order chi connectivity index (χ1) is 13.9. The van der Waals surface area contributed by atoms with Gasteiger partial charge in [0.25, 0.3) is 5.91 Å². The molecule has 2 atom stereocenters. The van der Waals surface area contributed by atoms with Crippen molar-refractivity contribution in [2.75, 3.05) is 17.2 Å². The van der Waals surface area contributed by atoms with Gasteiger partial charge in [0, 0.05) is 10.6 Å². The third-order valence-electron chi connectivity index (χ3n) is 5.63. The molecule has 2 heterocycles. The molecular weight excluding hydrogens is 386 g/mol. The van der Waals surface area contributed by atoms with Crippen LogP contribution >= 0.6 is 11.8 Å². The fourth-order valence-corrected chi connectivity index (χ4v) is 4.93. The lowest BCUT2D eigenvalue weighted by molar-refractivity contribution is -0.134. The summed E-state index contributed by atoms with van der Waals surface area (Å²) in [7, 11) is 0. The van der Waals surface area contributed by atoms with Gasteiger partial charge in [-0.05, 0) is 31.0 Å². The molecule has 0 aromatic heterocycles. The van der Waals surface area contributed by atoms with Crippen molar-refractivity contribution in [3.63, 3.8) is 0 Å². The van der Waals surface area contributed by atoms with Crippen LogP contribution in [-0.4, -0.2) is 40.6 Å². The summed E-state index contributed by atoms with van der Waals surface area (Å²) in [4.78, 5) is 42.4. The summed E-state index contributed by atoms with van der Waals surface area (Å²) >= 11 is 1.71. The van der Waals surface area contributed by atoms with Crippen LogP contribution in [0.3, 0.4) is 0 Å². The van der Waals surface area contributed by atoms with Crippen LogP contribution in [0.1, 0.15) is 31.9 Å². The highest BCUT2D eigenvalue weighted by Gasteiger charge is 2.48. The van der Waals surface area contributed by atoms with Crippen LogP contribution in [0.4, 0.5) is 10.5 Å². The van der Waals surface area contributed by atoms with Gasteiger partial charge in [0.1, 0.15) is 12.1 Å². The number of hydrogen-bond donors (Lipinski definition) is 1. The molecule has 2 aliphatic heterocycles. The predicted molar refractivity (Wildman–Crippen MR) is 113 cm³/mol. The SMILES string of the molecule is CC[C@@]1(C)NC(=O)N(CC(=O)N2c3ccccc3SC[C@H]2c2ccccc2)C1=O. The molecule has 7 heteroatoms. The third-order valence-corrected chi connectivity index (χ3v) is 6.77. The Morgan fingerprint density at radius 3 is 2.52 bits per heavy atom. The minimum atomic E-state index is -0.953.